The number of hydrogen-bond acceptors (Lipinski definition) is 4. The van der Waals surface area contributed by atoms with Gasteiger partial charge in [0.15, 0.2) is 0 Å². The molecule has 2 unspecified atom stereocenters. The van der Waals surface area contributed by atoms with E-state index < -0.39 is 6.29 Å². The number of hydrogen-bond donors (Lipinski definition) is 0. The first-order valence-corrected chi connectivity index (χ1v) is 16.5. The van der Waals surface area contributed by atoms with Crippen LogP contribution in [0.25, 0.3) is 0 Å². The average Bonchev–Trinajstić information content (AvgIpc) is 2.97. The molecule has 0 saturated heterocycles. The molecule has 0 amide bonds. The molecule has 0 aliphatic carbocycles. The van der Waals surface area contributed by atoms with Gasteiger partial charge in [-0.15, -0.1) is 0 Å². The molecular formula is C40H57NO3. The number of Topliss-reactive ketones (excluding diaryl/α,β-unsaturated/α-hetero) is 1. The molecule has 0 bridgehead atoms. The molecule has 4 heteroatoms. The Labute approximate surface area is 268 Å². The highest BCUT2D eigenvalue weighted by molar-refractivity contribution is 5.98. The molecule has 240 valence electrons. The van der Waals surface area contributed by atoms with Gasteiger partial charge in [0.05, 0.1) is 13.2 Å². The van der Waals surface area contributed by atoms with Crippen LogP contribution in [0, 0.1) is 11.8 Å². The van der Waals surface area contributed by atoms with Gasteiger partial charge in [0, 0.05) is 24.3 Å². The van der Waals surface area contributed by atoms with Crippen LogP contribution >= 0.6 is 0 Å². The Balaban J connectivity index is 1.67. The van der Waals surface area contributed by atoms with Crippen LogP contribution in [0.4, 0.5) is 5.69 Å². The molecule has 3 rings (SSSR count). The van der Waals surface area contributed by atoms with Crippen LogP contribution in [0.3, 0.4) is 0 Å². The monoisotopic (exact) mass is 599 g/mol. The molecule has 0 N–H and O–H groups in total. The van der Waals surface area contributed by atoms with Crippen LogP contribution < -0.4 is 4.90 Å². The second kappa shape index (κ2) is 15.9. The SMILES string of the molecule is CCN(CC)c1ccc(C(=O)C(OCC(C)Cc2ccc(C(C)(C)C)cc2)OCC(C)Cc2ccc(C(C)(C)C)cc2)cc1. The summed E-state index contributed by atoms with van der Waals surface area (Å²) in [6, 6.07) is 25.6. The summed E-state index contributed by atoms with van der Waals surface area (Å²) >= 11 is 0. The molecule has 0 aliphatic rings. The van der Waals surface area contributed by atoms with Gasteiger partial charge in [0.25, 0.3) is 0 Å². The number of carbonyl (C=O) groups excluding carboxylic acids is 1. The number of ether oxygens (including phenoxy) is 2. The molecule has 0 heterocycles. The van der Waals surface area contributed by atoms with Gasteiger partial charge in [-0.25, -0.2) is 0 Å². The predicted octanol–water partition coefficient (Wildman–Crippen LogP) is 9.43. The Morgan fingerprint density at radius 2 is 1.02 bits per heavy atom. The third-order valence-corrected chi connectivity index (χ3v) is 8.37. The zero-order valence-corrected chi connectivity index (χ0v) is 29.1. The van der Waals surface area contributed by atoms with Crippen molar-refractivity contribution < 1.29 is 14.3 Å². The zero-order chi connectivity index (χ0) is 32.5. The highest BCUT2D eigenvalue weighted by atomic mass is 16.7. The van der Waals surface area contributed by atoms with E-state index in [1.807, 2.05) is 24.3 Å². The molecule has 0 saturated carbocycles. The van der Waals surface area contributed by atoms with Gasteiger partial charge in [-0.05, 0) is 95.9 Å². The topological polar surface area (TPSA) is 38.8 Å². The Kier molecular flexibility index (Phi) is 12.8. The highest BCUT2D eigenvalue weighted by Gasteiger charge is 2.24. The van der Waals surface area contributed by atoms with Crippen LogP contribution in [0.15, 0.2) is 72.8 Å². The van der Waals surface area contributed by atoms with E-state index in [1.54, 1.807) is 0 Å². The molecule has 0 spiro atoms. The molecule has 2 atom stereocenters. The number of carbonyl (C=O) groups is 1. The Morgan fingerprint density at radius 1 is 0.636 bits per heavy atom. The van der Waals surface area contributed by atoms with E-state index in [2.05, 4.69) is 123 Å². The fraction of sp³-hybridized carbons (Fsp3) is 0.525. The summed E-state index contributed by atoms with van der Waals surface area (Å²) in [5.41, 5.74) is 7.20. The molecule has 3 aromatic carbocycles. The normalized spacial score (nSPS) is 14.2. The first-order valence-electron chi connectivity index (χ1n) is 16.5. The Morgan fingerprint density at radius 3 is 1.36 bits per heavy atom. The quantitative estimate of drug-likeness (QED) is 0.129. The first-order chi connectivity index (χ1) is 20.7. The van der Waals surface area contributed by atoms with Crippen molar-refractivity contribution in [1.29, 1.82) is 0 Å². The van der Waals surface area contributed by atoms with Crippen molar-refractivity contribution in [3.63, 3.8) is 0 Å². The van der Waals surface area contributed by atoms with Gasteiger partial charge in [0.1, 0.15) is 0 Å². The summed E-state index contributed by atoms with van der Waals surface area (Å²) in [6.07, 6.45) is 0.821. The molecule has 0 aromatic heterocycles. The van der Waals surface area contributed by atoms with Gasteiger partial charge in [-0.2, -0.15) is 0 Å². The van der Waals surface area contributed by atoms with Crippen LogP contribution in [0.5, 0.6) is 0 Å². The maximum Gasteiger partial charge on any atom is 0.222 e. The Hall–Kier alpha value is -2.95. The lowest BCUT2D eigenvalue weighted by atomic mass is 9.86. The van der Waals surface area contributed by atoms with Crippen LogP contribution in [0.1, 0.15) is 102 Å². The molecular weight excluding hydrogens is 542 g/mol. The minimum atomic E-state index is -0.939. The molecule has 3 aromatic rings. The molecule has 0 fully saturated rings. The predicted molar refractivity (Wildman–Crippen MR) is 186 cm³/mol. The minimum Gasteiger partial charge on any atom is -0.372 e. The molecule has 0 radical (unpaired) electrons. The van der Waals surface area contributed by atoms with Crippen molar-refractivity contribution in [2.24, 2.45) is 11.8 Å². The van der Waals surface area contributed by atoms with Crippen molar-refractivity contribution in [1.82, 2.24) is 0 Å². The number of ketones is 1. The lowest BCUT2D eigenvalue weighted by Crippen LogP contribution is -2.31. The van der Waals surface area contributed by atoms with Gasteiger partial charge in [-0.1, -0.05) is 104 Å². The lowest BCUT2D eigenvalue weighted by Gasteiger charge is -2.24. The van der Waals surface area contributed by atoms with E-state index in [0.29, 0.717) is 18.8 Å². The summed E-state index contributed by atoms with van der Waals surface area (Å²) in [4.78, 5) is 16.0. The second-order valence-corrected chi connectivity index (χ2v) is 14.6. The number of anilines is 1. The fourth-order valence-corrected chi connectivity index (χ4v) is 5.47. The van der Waals surface area contributed by atoms with Gasteiger partial charge >= 0.3 is 0 Å². The lowest BCUT2D eigenvalue weighted by molar-refractivity contribution is -0.127. The van der Waals surface area contributed by atoms with Crippen molar-refractivity contribution >= 4 is 11.5 Å². The third-order valence-electron chi connectivity index (χ3n) is 8.37. The third kappa shape index (κ3) is 10.6. The number of benzene rings is 3. The highest BCUT2D eigenvalue weighted by Crippen LogP contribution is 2.25. The van der Waals surface area contributed by atoms with E-state index in [9.17, 15) is 4.79 Å². The standard InChI is InChI=1S/C40H57NO3/c1-11-41(12-2)36-23-17-33(18-24-36)37(42)38(43-27-29(3)25-31-13-19-34(20-14-31)39(5,6)7)44-28-30(4)26-32-15-21-35(22-16-32)40(8,9)10/h13-24,29-30,38H,11-12,25-28H2,1-10H3. The summed E-state index contributed by atoms with van der Waals surface area (Å²) in [5.74, 6) is 0.343. The van der Waals surface area contributed by atoms with Crippen molar-refractivity contribution in [2.75, 3.05) is 31.2 Å². The van der Waals surface area contributed by atoms with E-state index in [-0.39, 0.29) is 28.4 Å². The molecule has 44 heavy (non-hydrogen) atoms. The van der Waals surface area contributed by atoms with E-state index >= 15 is 0 Å². The van der Waals surface area contributed by atoms with E-state index in [4.69, 9.17) is 9.47 Å². The maximum atomic E-state index is 13.7. The largest absolute Gasteiger partial charge is 0.372 e. The van der Waals surface area contributed by atoms with Crippen LogP contribution in [-0.2, 0) is 33.1 Å². The van der Waals surface area contributed by atoms with Crippen molar-refractivity contribution in [3.8, 4) is 0 Å². The number of rotatable bonds is 15. The van der Waals surface area contributed by atoms with Gasteiger partial charge in [0.2, 0.25) is 12.1 Å². The van der Waals surface area contributed by atoms with Crippen molar-refractivity contribution in [2.45, 2.75) is 99.2 Å². The van der Waals surface area contributed by atoms with Gasteiger partial charge < -0.3 is 14.4 Å². The zero-order valence-electron chi connectivity index (χ0n) is 29.1. The summed E-state index contributed by atoms with van der Waals surface area (Å²) in [6.45, 7) is 24.7. The average molecular weight is 600 g/mol. The maximum absolute atomic E-state index is 13.7. The summed E-state index contributed by atoms with van der Waals surface area (Å²) in [5, 5.41) is 0. The Bertz CT molecular complexity index is 1210. The second-order valence-electron chi connectivity index (χ2n) is 14.6. The fourth-order valence-electron chi connectivity index (χ4n) is 5.47. The molecule has 0 aliphatic heterocycles. The van der Waals surface area contributed by atoms with E-state index in [0.717, 1.165) is 31.6 Å². The first kappa shape index (κ1) is 35.5. The van der Waals surface area contributed by atoms with E-state index in [1.165, 1.54) is 22.3 Å². The summed E-state index contributed by atoms with van der Waals surface area (Å²) in [7, 11) is 0. The minimum absolute atomic E-state index is 0.125. The molecule has 4 nitrogen and oxygen atoms in total. The number of nitrogens with zero attached hydrogens (tertiary/aromatic N) is 1. The summed E-state index contributed by atoms with van der Waals surface area (Å²) < 4.78 is 12.5. The van der Waals surface area contributed by atoms with Gasteiger partial charge in [-0.3, -0.25) is 4.79 Å². The smallest absolute Gasteiger partial charge is 0.222 e. The van der Waals surface area contributed by atoms with Crippen molar-refractivity contribution in [3.05, 3.63) is 101 Å². The van der Waals surface area contributed by atoms with Crippen LogP contribution in [-0.4, -0.2) is 38.4 Å². The van der Waals surface area contributed by atoms with Crippen LogP contribution in [0.2, 0.25) is 0 Å².